The molecule has 6 nitrogen and oxygen atoms in total. The van der Waals surface area contributed by atoms with Crippen molar-refractivity contribution in [2.75, 3.05) is 44.0 Å². The van der Waals surface area contributed by atoms with Gasteiger partial charge in [0.15, 0.2) is 0 Å². The molecule has 0 radical (unpaired) electrons. The number of nitrogens with zero attached hydrogens (tertiary/aromatic N) is 3. The molecule has 0 bridgehead atoms. The third-order valence-corrected chi connectivity index (χ3v) is 5.24. The molecule has 0 unspecified atom stereocenters. The first kappa shape index (κ1) is 18.1. The van der Waals surface area contributed by atoms with E-state index < -0.39 is 0 Å². The Morgan fingerprint density at radius 3 is 2.72 bits per heavy atom. The van der Waals surface area contributed by atoms with E-state index in [1.807, 2.05) is 0 Å². The summed E-state index contributed by atoms with van der Waals surface area (Å²) in [6.07, 6.45) is 4.66. The number of hydrogen-bond acceptors (Lipinski definition) is 7. The van der Waals surface area contributed by atoms with Gasteiger partial charge >= 0.3 is 0 Å². The molecule has 25 heavy (non-hydrogen) atoms. The van der Waals surface area contributed by atoms with Crippen LogP contribution in [0.25, 0.3) is 10.6 Å². The van der Waals surface area contributed by atoms with Crippen LogP contribution in [0.15, 0.2) is 24.3 Å². The fourth-order valence-corrected chi connectivity index (χ4v) is 3.67. The second-order valence-electron chi connectivity index (χ2n) is 6.25. The van der Waals surface area contributed by atoms with Crippen molar-refractivity contribution in [2.24, 2.45) is 0 Å². The zero-order valence-electron chi connectivity index (χ0n) is 14.7. The third kappa shape index (κ3) is 5.14. The van der Waals surface area contributed by atoms with E-state index in [0.717, 1.165) is 62.6 Å². The molecule has 1 saturated heterocycles. The maximum Gasteiger partial charge on any atom is 0.203 e. The predicted molar refractivity (Wildman–Crippen MR) is 102 cm³/mol. The van der Waals surface area contributed by atoms with Crippen LogP contribution in [0, 0.1) is 0 Å². The minimum atomic E-state index is 0.380. The van der Waals surface area contributed by atoms with E-state index in [2.05, 4.69) is 39.4 Å². The summed E-state index contributed by atoms with van der Waals surface area (Å²) in [6.45, 7) is 3.69. The first-order valence-electron chi connectivity index (χ1n) is 8.81. The number of nitrogen functional groups attached to an aromatic ring is 1. The van der Waals surface area contributed by atoms with E-state index in [1.165, 1.54) is 17.0 Å². The zero-order valence-corrected chi connectivity index (χ0v) is 15.5. The van der Waals surface area contributed by atoms with Gasteiger partial charge in [-0.25, -0.2) is 0 Å². The fraction of sp³-hybridized carbons (Fsp3) is 0.556. The van der Waals surface area contributed by atoms with Gasteiger partial charge in [0.05, 0.1) is 6.10 Å². The highest BCUT2D eigenvalue weighted by molar-refractivity contribution is 7.18. The van der Waals surface area contributed by atoms with Crippen molar-refractivity contribution in [1.82, 2.24) is 10.2 Å². The molecule has 1 aromatic heterocycles. The van der Waals surface area contributed by atoms with Gasteiger partial charge in [0.2, 0.25) is 5.13 Å². The van der Waals surface area contributed by atoms with Crippen molar-refractivity contribution in [3.05, 3.63) is 24.3 Å². The summed E-state index contributed by atoms with van der Waals surface area (Å²) in [7, 11) is 1.74. The number of methoxy groups -OCH3 is 1. The summed E-state index contributed by atoms with van der Waals surface area (Å²) >= 11 is 1.42. The molecule has 1 aliphatic rings. The Balaban J connectivity index is 1.50. The summed E-state index contributed by atoms with van der Waals surface area (Å²) in [5.74, 6) is 0. The van der Waals surface area contributed by atoms with Crippen LogP contribution in [0.2, 0.25) is 0 Å². The summed E-state index contributed by atoms with van der Waals surface area (Å²) in [6, 6.07) is 8.45. The molecule has 1 aliphatic heterocycles. The maximum absolute atomic E-state index is 6.00. The van der Waals surface area contributed by atoms with Crippen molar-refractivity contribution in [1.29, 1.82) is 0 Å². The zero-order chi connectivity index (χ0) is 17.5. The smallest absolute Gasteiger partial charge is 0.203 e. The molecule has 2 heterocycles. The molecule has 0 saturated carbocycles. The second kappa shape index (κ2) is 9.12. The Morgan fingerprint density at radius 2 is 2.00 bits per heavy atom. The van der Waals surface area contributed by atoms with Crippen LogP contribution in [0.1, 0.15) is 25.7 Å². The van der Waals surface area contributed by atoms with E-state index in [-0.39, 0.29) is 0 Å². The highest BCUT2D eigenvalue weighted by atomic mass is 32.1. The van der Waals surface area contributed by atoms with E-state index >= 15 is 0 Å². The van der Waals surface area contributed by atoms with Crippen LogP contribution >= 0.6 is 11.3 Å². The van der Waals surface area contributed by atoms with Gasteiger partial charge in [-0.2, -0.15) is 0 Å². The van der Waals surface area contributed by atoms with E-state index in [9.17, 15) is 0 Å². The molecule has 1 aromatic carbocycles. The van der Waals surface area contributed by atoms with E-state index in [1.54, 1.807) is 7.11 Å². The van der Waals surface area contributed by atoms with Crippen LogP contribution in [-0.4, -0.2) is 49.7 Å². The number of aromatic nitrogens is 2. The maximum atomic E-state index is 6.00. The Hall–Kier alpha value is -1.70. The van der Waals surface area contributed by atoms with Crippen molar-refractivity contribution < 1.29 is 9.47 Å². The highest BCUT2D eigenvalue weighted by Crippen LogP contribution is 2.29. The minimum absolute atomic E-state index is 0.380. The summed E-state index contributed by atoms with van der Waals surface area (Å²) < 4.78 is 11.1. The van der Waals surface area contributed by atoms with Crippen molar-refractivity contribution in [3.63, 3.8) is 0 Å². The molecule has 1 fully saturated rings. The lowest BCUT2D eigenvalue weighted by atomic mass is 10.1. The number of unbranched alkanes of at least 4 members (excludes halogenated alkanes) is 1. The van der Waals surface area contributed by atoms with Gasteiger partial charge in [-0.1, -0.05) is 23.5 Å². The summed E-state index contributed by atoms with van der Waals surface area (Å²) in [4.78, 5) is 2.42. The Bertz CT molecular complexity index is 656. The van der Waals surface area contributed by atoms with Crippen molar-refractivity contribution in [3.8, 4) is 10.6 Å². The lowest BCUT2D eigenvalue weighted by Gasteiger charge is -2.33. The molecule has 0 amide bonds. The number of ether oxygens (including phenoxy) is 2. The van der Waals surface area contributed by atoms with Gasteiger partial charge in [0, 0.05) is 44.7 Å². The number of benzene rings is 1. The van der Waals surface area contributed by atoms with Gasteiger partial charge in [-0.3, -0.25) is 0 Å². The lowest BCUT2D eigenvalue weighted by Crippen LogP contribution is -2.37. The first-order chi connectivity index (χ1) is 12.3. The van der Waals surface area contributed by atoms with Gasteiger partial charge < -0.3 is 20.1 Å². The molecular formula is C18H26N4O2S. The van der Waals surface area contributed by atoms with Gasteiger partial charge in [0.1, 0.15) is 5.01 Å². The first-order valence-corrected chi connectivity index (χ1v) is 9.63. The van der Waals surface area contributed by atoms with Crippen LogP contribution in [0.4, 0.5) is 10.8 Å². The van der Waals surface area contributed by atoms with Crippen LogP contribution in [-0.2, 0) is 9.47 Å². The van der Waals surface area contributed by atoms with Crippen LogP contribution < -0.4 is 10.6 Å². The largest absolute Gasteiger partial charge is 0.385 e. The Labute approximate surface area is 153 Å². The van der Waals surface area contributed by atoms with Gasteiger partial charge in [0.25, 0.3) is 0 Å². The molecule has 7 heteroatoms. The number of nitrogens with two attached hydrogens (primary N) is 1. The Morgan fingerprint density at radius 1 is 1.20 bits per heavy atom. The Kier molecular flexibility index (Phi) is 6.61. The van der Waals surface area contributed by atoms with E-state index in [4.69, 9.17) is 15.2 Å². The minimum Gasteiger partial charge on any atom is -0.385 e. The van der Waals surface area contributed by atoms with Crippen LogP contribution in [0.3, 0.4) is 0 Å². The van der Waals surface area contributed by atoms with Crippen molar-refractivity contribution in [2.45, 2.75) is 31.8 Å². The van der Waals surface area contributed by atoms with Crippen LogP contribution in [0.5, 0.6) is 0 Å². The quantitative estimate of drug-likeness (QED) is 0.727. The molecule has 2 aromatic rings. The summed E-state index contributed by atoms with van der Waals surface area (Å²) in [5, 5.41) is 9.41. The molecule has 0 atom stereocenters. The predicted octanol–water partition coefficient (Wildman–Crippen LogP) is 3.20. The monoisotopic (exact) mass is 362 g/mol. The lowest BCUT2D eigenvalue weighted by molar-refractivity contribution is 0.0322. The number of anilines is 2. The average molecular weight is 362 g/mol. The third-order valence-electron chi connectivity index (χ3n) is 4.44. The van der Waals surface area contributed by atoms with Gasteiger partial charge in [-0.05, 0) is 37.8 Å². The SMILES string of the molecule is COCCCCOC1CCN(c2cccc(-c3nnc(N)s3)c2)CC1. The molecule has 136 valence electrons. The highest BCUT2D eigenvalue weighted by Gasteiger charge is 2.20. The molecular weight excluding hydrogens is 336 g/mol. The normalized spacial score (nSPS) is 15.6. The fourth-order valence-electron chi connectivity index (χ4n) is 3.07. The molecule has 3 rings (SSSR count). The molecule has 0 spiro atoms. The number of rotatable bonds is 8. The molecule has 0 aliphatic carbocycles. The van der Waals surface area contributed by atoms with Gasteiger partial charge in [-0.15, -0.1) is 10.2 Å². The second-order valence-corrected chi connectivity index (χ2v) is 7.26. The standard InChI is InChI=1S/C18H26N4O2S/c1-23-11-2-3-12-24-16-7-9-22(10-8-16)15-6-4-5-14(13-15)17-20-21-18(19)25-17/h4-6,13,16H,2-3,7-12H2,1H3,(H2,19,21). The molecule has 2 N–H and O–H groups in total. The topological polar surface area (TPSA) is 73.5 Å². The summed E-state index contributed by atoms with van der Waals surface area (Å²) in [5.41, 5.74) is 7.99. The average Bonchev–Trinajstić information content (AvgIpc) is 3.09. The number of piperidine rings is 1. The van der Waals surface area contributed by atoms with E-state index in [0.29, 0.717) is 11.2 Å². The van der Waals surface area contributed by atoms with Crippen molar-refractivity contribution >= 4 is 22.2 Å². The number of hydrogen-bond donors (Lipinski definition) is 1.